The SMILES string of the molecule is CC(C)c1nc(NN)cc(N2CCOCC2CO)n1. The minimum Gasteiger partial charge on any atom is -0.394 e. The Bertz CT molecular complexity index is 427. The van der Waals surface area contributed by atoms with Crippen LogP contribution in [0.5, 0.6) is 0 Å². The topological polar surface area (TPSA) is 96.5 Å². The van der Waals surface area contributed by atoms with Gasteiger partial charge in [0.05, 0.1) is 25.9 Å². The Morgan fingerprint density at radius 2 is 2.37 bits per heavy atom. The molecule has 1 fully saturated rings. The highest BCUT2D eigenvalue weighted by atomic mass is 16.5. The minimum atomic E-state index is -0.0747. The molecule has 1 aliphatic heterocycles. The smallest absolute Gasteiger partial charge is 0.145 e. The number of aromatic nitrogens is 2. The predicted octanol–water partition coefficient (Wildman–Crippen LogP) is 0.0831. The van der Waals surface area contributed by atoms with Gasteiger partial charge in [-0.2, -0.15) is 0 Å². The van der Waals surface area contributed by atoms with E-state index in [0.717, 1.165) is 11.6 Å². The van der Waals surface area contributed by atoms with Crippen LogP contribution in [0, 0.1) is 0 Å². The molecule has 1 aliphatic rings. The molecule has 2 heterocycles. The van der Waals surface area contributed by atoms with Crippen molar-refractivity contribution in [3.63, 3.8) is 0 Å². The molecule has 0 aliphatic carbocycles. The number of hydrogen-bond acceptors (Lipinski definition) is 7. The number of aliphatic hydroxyl groups is 1. The van der Waals surface area contributed by atoms with E-state index in [1.807, 2.05) is 18.7 Å². The van der Waals surface area contributed by atoms with Gasteiger partial charge < -0.3 is 20.2 Å². The zero-order valence-electron chi connectivity index (χ0n) is 11.3. The molecule has 7 heteroatoms. The third-order valence-electron chi connectivity index (χ3n) is 3.13. The van der Waals surface area contributed by atoms with Gasteiger partial charge in [0.25, 0.3) is 0 Å². The van der Waals surface area contributed by atoms with Crippen LogP contribution in [0.3, 0.4) is 0 Å². The number of nitrogen functional groups attached to an aromatic ring is 1. The number of morpholine rings is 1. The number of aliphatic hydroxyl groups excluding tert-OH is 1. The van der Waals surface area contributed by atoms with Crippen LogP contribution in [-0.2, 0) is 4.74 Å². The first-order chi connectivity index (χ1) is 9.15. The van der Waals surface area contributed by atoms with E-state index in [9.17, 15) is 5.11 Å². The summed E-state index contributed by atoms with van der Waals surface area (Å²) in [5, 5.41) is 9.42. The number of nitrogens with zero attached hydrogens (tertiary/aromatic N) is 3. The van der Waals surface area contributed by atoms with E-state index in [0.29, 0.717) is 25.6 Å². The summed E-state index contributed by atoms with van der Waals surface area (Å²) >= 11 is 0. The van der Waals surface area contributed by atoms with Gasteiger partial charge in [-0.1, -0.05) is 13.8 Å². The van der Waals surface area contributed by atoms with Crippen molar-refractivity contribution in [3.05, 3.63) is 11.9 Å². The average Bonchev–Trinajstić information content (AvgIpc) is 2.46. The van der Waals surface area contributed by atoms with Crippen LogP contribution < -0.4 is 16.2 Å². The second-order valence-corrected chi connectivity index (χ2v) is 4.87. The normalized spacial score (nSPS) is 19.8. The molecular formula is C12H21N5O2. The summed E-state index contributed by atoms with van der Waals surface area (Å²) in [7, 11) is 0. The molecule has 0 radical (unpaired) electrons. The molecule has 106 valence electrons. The van der Waals surface area contributed by atoms with E-state index < -0.39 is 0 Å². The lowest BCUT2D eigenvalue weighted by Crippen LogP contribution is -2.48. The summed E-state index contributed by atoms with van der Waals surface area (Å²) in [4.78, 5) is 10.9. The fourth-order valence-electron chi connectivity index (χ4n) is 2.04. The van der Waals surface area contributed by atoms with Crippen LogP contribution in [0.25, 0.3) is 0 Å². The molecule has 7 nitrogen and oxygen atoms in total. The van der Waals surface area contributed by atoms with Crippen molar-refractivity contribution in [1.82, 2.24) is 9.97 Å². The number of hydrazine groups is 1. The van der Waals surface area contributed by atoms with Crippen molar-refractivity contribution in [3.8, 4) is 0 Å². The monoisotopic (exact) mass is 267 g/mol. The molecule has 2 rings (SSSR count). The standard InChI is InChI=1S/C12H21N5O2/c1-8(2)12-14-10(16-13)5-11(15-12)17-3-4-19-7-9(17)6-18/h5,8-9,18H,3-4,6-7,13H2,1-2H3,(H,14,15,16). The summed E-state index contributed by atoms with van der Waals surface area (Å²) in [5.74, 6) is 7.74. The molecule has 1 saturated heterocycles. The van der Waals surface area contributed by atoms with Crippen LogP contribution in [0.15, 0.2) is 6.07 Å². The zero-order valence-corrected chi connectivity index (χ0v) is 11.3. The Hall–Kier alpha value is -1.44. The summed E-state index contributed by atoms with van der Waals surface area (Å²) in [6.07, 6.45) is 0. The number of rotatable bonds is 4. The lowest BCUT2D eigenvalue weighted by Gasteiger charge is -2.35. The predicted molar refractivity (Wildman–Crippen MR) is 73.0 cm³/mol. The van der Waals surface area contributed by atoms with Crippen LogP contribution in [0.4, 0.5) is 11.6 Å². The van der Waals surface area contributed by atoms with Crippen molar-refractivity contribution < 1.29 is 9.84 Å². The number of nitrogens with two attached hydrogens (primary N) is 1. The molecule has 1 unspecified atom stereocenters. The summed E-state index contributed by atoms with van der Waals surface area (Å²) in [6, 6.07) is 1.72. The van der Waals surface area contributed by atoms with E-state index in [1.54, 1.807) is 6.07 Å². The second kappa shape index (κ2) is 6.14. The highest BCUT2D eigenvalue weighted by molar-refractivity contribution is 5.50. The van der Waals surface area contributed by atoms with Gasteiger partial charge in [-0.05, 0) is 0 Å². The Balaban J connectivity index is 2.33. The highest BCUT2D eigenvalue weighted by Crippen LogP contribution is 2.22. The maximum Gasteiger partial charge on any atom is 0.145 e. The first-order valence-corrected chi connectivity index (χ1v) is 6.46. The molecule has 0 aromatic carbocycles. The summed E-state index contributed by atoms with van der Waals surface area (Å²) in [6.45, 7) is 5.92. The van der Waals surface area contributed by atoms with Gasteiger partial charge in [-0.3, -0.25) is 0 Å². The van der Waals surface area contributed by atoms with Crippen LogP contribution in [0.2, 0.25) is 0 Å². The molecule has 0 amide bonds. The molecule has 0 spiro atoms. The third-order valence-corrected chi connectivity index (χ3v) is 3.13. The molecular weight excluding hydrogens is 246 g/mol. The first kappa shape index (κ1) is 14.0. The second-order valence-electron chi connectivity index (χ2n) is 4.87. The molecule has 1 aromatic rings. The van der Waals surface area contributed by atoms with Crippen molar-refractivity contribution in [2.24, 2.45) is 5.84 Å². The molecule has 1 atom stereocenters. The van der Waals surface area contributed by atoms with E-state index >= 15 is 0 Å². The number of nitrogens with one attached hydrogen (secondary N) is 1. The Morgan fingerprint density at radius 1 is 1.58 bits per heavy atom. The zero-order chi connectivity index (χ0) is 13.8. The van der Waals surface area contributed by atoms with Crippen molar-refractivity contribution in [1.29, 1.82) is 0 Å². The summed E-state index contributed by atoms with van der Waals surface area (Å²) < 4.78 is 5.37. The van der Waals surface area contributed by atoms with E-state index in [2.05, 4.69) is 15.4 Å². The van der Waals surface area contributed by atoms with Gasteiger partial charge in [0.2, 0.25) is 0 Å². The van der Waals surface area contributed by atoms with Crippen LogP contribution >= 0.6 is 0 Å². The molecule has 0 saturated carbocycles. The van der Waals surface area contributed by atoms with Gasteiger partial charge in [0, 0.05) is 18.5 Å². The largest absolute Gasteiger partial charge is 0.394 e. The Kier molecular flexibility index (Phi) is 4.52. The Morgan fingerprint density at radius 3 is 3.00 bits per heavy atom. The van der Waals surface area contributed by atoms with E-state index in [1.165, 1.54) is 0 Å². The molecule has 19 heavy (non-hydrogen) atoms. The molecule has 0 bridgehead atoms. The van der Waals surface area contributed by atoms with Crippen LogP contribution in [0.1, 0.15) is 25.6 Å². The van der Waals surface area contributed by atoms with Crippen LogP contribution in [-0.4, -0.2) is 47.5 Å². The quantitative estimate of drug-likeness (QED) is 0.525. The number of hydrogen-bond donors (Lipinski definition) is 3. The lowest BCUT2D eigenvalue weighted by atomic mass is 10.2. The number of anilines is 2. The Labute approximate surface area is 112 Å². The fraction of sp³-hybridized carbons (Fsp3) is 0.667. The maximum atomic E-state index is 9.42. The van der Waals surface area contributed by atoms with Gasteiger partial charge in [-0.25, -0.2) is 15.8 Å². The fourth-order valence-corrected chi connectivity index (χ4v) is 2.04. The average molecular weight is 267 g/mol. The molecule has 4 N–H and O–H groups in total. The van der Waals surface area contributed by atoms with Crippen molar-refractivity contribution >= 4 is 11.6 Å². The van der Waals surface area contributed by atoms with E-state index in [-0.39, 0.29) is 18.6 Å². The number of ether oxygens (including phenoxy) is 1. The maximum absolute atomic E-state index is 9.42. The van der Waals surface area contributed by atoms with Gasteiger partial charge in [-0.15, -0.1) is 0 Å². The minimum absolute atomic E-state index is 0.0341. The third kappa shape index (κ3) is 3.12. The van der Waals surface area contributed by atoms with Gasteiger partial charge >= 0.3 is 0 Å². The van der Waals surface area contributed by atoms with Gasteiger partial charge in [0.15, 0.2) is 0 Å². The van der Waals surface area contributed by atoms with Crippen molar-refractivity contribution in [2.45, 2.75) is 25.8 Å². The molecule has 1 aromatic heterocycles. The van der Waals surface area contributed by atoms with Gasteiger partial charge in [0.1, 0.15) is 17.5 Å². The van der Waals surface area contributed by atoms with E-state index in [4.69, 9.17) is 10.6 Å². The highest BCUT2D eigenvalue weighted by Gasteiger charge is 2.24. The lowest BCUT2D eigenvalue weighted by molar-refractivity contribution is 0.0722. The first-order valence-electron chi connectivity index (χ1n) is 6.46. The summed E-state index contributed by atoms with van der Waals surface area (Å²) in [5.41, 5.74) is 2.56. The van der Waals surface area contributed by atoms with Crippen molar-refractivity contribution in [2.75, 3.05) is 36.7 Å².